The fourth-order valence-electron chi connectivity index (χ4n) is 3.74. The third-order valence-electron chi connectivity index (χ3n) is 5.42. The van der Waals surface area contributed by atoms with Crippen LogP contribution in [0.25, 0.3) is 0 Å². The van der Waals surface area contributed by atoms with Crippen LogP contribution in [0.5, 0.6) is 0 Å². The van der Waals surface area contributed by atoms with Crippen molar-refractivity contribution in [2.75, 3.05) is 27.2 Å². The number of rotatable bonds is 18. The number of carbonyl (C=O) groups is 1. The van der Waals surface area contributed by atoms with Gasteiger partial charge in [0.25, 0.3) is 0 Å². The van der Waals surface area contributed by atoms with E-state index >= 15 is 0 Å². The number of amides is 1. The first-order valence-corrected chi connectivity index (χ1v) is 11.3. The Bertz CT molecular complexity index is 361. The lowest BCUT2D eigenvalue weighted by Crippen LogP contribution is -2.63. The molecule has 2 atom stereocenters. The van der Waals surface area contributed by atoms with E-state index < -0.39 is 12.3 Å². The number of hydrogen-bond donors (Lipinski definition) is 3. The fraction of sp³-hybridized carbons (Fsp3) is 0.955. The zero-order valence-corrected chi connectivity index (χ0v) is 18.5. The van der Waals surface area contributed by atoms with Crippen molar-refractivity contribution in [3.05, 3.63) is 0 Å². The Morgan fingerprint density at radius 2 is 1.33 bits per heavy atom. The van der Waals surface area contributed by atoms with Crippen molar-refractivity contribution in [2.24, 2.45) is 0 Å². The maximum atomic E-state index is 12.3. The second kappa shape index (κ2) is 16.3. The molecule has 162 valence electrons. The highest BCUT2D eigenvalue weighted by atomic mass is 16.3. The average Bonchev–Trinajstić information content (AvgIpc) is 2.63. The fourth-order valence-corrected chi connectivity index (χ4v) is 3.74. The maximum Gasteiger partial charge on any atom is 0.224 e. The predicted molar refractivity (Wildman–Crippen MR) is 113 cm³/mol. The van der Waals surface area contributed by atoms with Crippen LogP contribution in [0.2, 0.25) is 0 Å². The van der Waals surface area contributed by atoms with Gasteiger partial charge in [-0.25, -0.2) is 0 Å². The van der Waals surface area contributed by atoms with E-state index in [0.717, 1.165) is 25.8 Å². The molecule has 2 unspecified atom stereocenters. The van der Waals surface area contributed by atoms with Crippen molar-refractivity contribution in [2.45, 2.75) is 110 Å². The quantitative estimate of drug-likeness (QED) is 0.189. The highest BCUT2D eigenvalue weighted by Gasteiger charge is 2.34. The molecule has 0 aliphatic carbocycles. The number of nitrogens with one attached hydrogen (secondary N) is 1. The van der Waals surface area contributed by atoms with Gasteiger partial charge in [-0.3, -0.25) is 4.79 Å². The number of carbonyl (C=O) groups excluding carboxylic acids is 1. The first-order chi connectivity index (χ1) is 12.9. The lowest BCUT2D eigenvalue weighted by molar-refractivity contribution is -0.921. The molecule has 0 aromatic rings. The molecule has 0 fully saturated rings. The standard InChI is InChI=1S/C22H46N2O3/c1-5-7-8-9-10-11-12-13-14-15-16-17-21(27)23-22(20(26)19-25)24(3,4)18-6-2/h20,22,25-26H,5-19H2,1-4H3/p+1. The summed E-state index contributed by atoms with van der Waals surface area (Å²) in [5.74, 6) is -0.0225. The van der Waals surface area contributed by atoms with Gasteiger partial charge < -0.3 is 20.0 Å². The molecule has 0 aliphatic rings. The zero-order valence-electron chi connectivity index (χ0n) is 18.5. The van der Waals surface area contributed by atoms with Gasteiger partial charge in [0.15, 0.2) is 6.17 Å². The Hall–Kier alpha value is -0.650. The van der Waals surface area contributed by atoms with Gasteiger partial charge in [0.1, 0.15) is 6.10 Å². The van der Waals surface area contributed by atoms with Gasteiger partial charge in [0.05, 0.1) is 27.2 Å². The van der Waals surface area contributed by atoms with Crippen LogP contribution >= 0.6 is 0 Å². The van der Waals surface area contributed by atoms with Crippen LogP contribution in [0.3, 0.4) is 0 Å². The van der Waals surface area contributed by atoms with Crippen LogP contribution in [-0.4, -0.2) is 60.1 Å². The van der Waals surface area contributed by atoms with Crippen LogP contribution < -0.4 is 5.32 Å². The van der Waals surface area contributed by atoms with E-state index in [0.29, 0.717) is 10.9 Å². The number of hydrogen-bond acceptors (Lipinski definition) is 3. The molecule has 5 heteroatoms. The van der Waals surface area contributed by atoms with Crippen molar-refractivity contribution in [1.29, 1.82) is 0 Å². The van der Waals surface area contributed by atoms with Crippen molar-refractivity contribution < 1.29 is 19.5 Å². The normalized spacial score (nSPS) is 14.1. The molecule has 27 heavy (non-hydrogen) atoms. The van der Waals surface area contributed by atoms with E-state index in [4.69, 9.17) is 0 Å². The summed E-state index contributed by atoms with van der Waals surface area (Å²) >= 11 is 0. The number of aliphatic hydroxyl groups excluding tert-OH is 2. The summed E-state index contributed by atoms with van der Waals surface area (Å²) in [5, 5.41) is 22.4. The maximum absolute atomic E-state index is 12.3. The molecular formula is C22H47N2O3+. The number of aliphatic hydroxyl groups is 2. The summed E-state index contributed by atoms with van der Waals surface area (Å²) in [7, 11) is 3.96. The summed E-state index contributed by atoms with van der Waals surface area (Å²) in [6, 6.07) is 0. The van der Waals surface area contributed by atoms with Crippen LogP contribution in [0, 0.1) is 0 Å². The molecule has 1 amide bonds. The van der Waals surface area contributed by atoms with E-state index in [9.17, 15) is 15.0 Å². The number of nitrogens with zero attached hydrogens (tertiary/aromatic N) is 1. The third kappa shape index (κ3) is 13.2. The zero-order chi connectivity index (χ0) is 20.5. The molecule has 0 aromatic carbocycles. The van der Waals surface area contributed by atoms with E-state index in [1.165, 1.54) is 57.8 Å². The average molecular weight is 388 g/mol. The van der Waals surface area contributed by atoms with Gasteiger partial charge in [-0.15, -0.1) is 0 Å². The van der Waals surface area contributed by atoms with Gasteiger partial charge in [0, 0.05) is 6.42 Å². The molecule has 0 radical (unpaired) electrons. The highest BCUT2D eigenvalue weighted by Crippen LogP contribution is 2.13. The molecule has 0 saturated carbocycles. The van der Waals surface area contributed by atoms with Crippen molar-refractivity contribution >= 4 is 5.91 Å². The number of quaternary nitrogens is 1. The number of likely N-dealkylation sites (N-methyl/N-ethyl adjacent to an activating group) is 1. The summed E-state index contributed by atoms with van der Waals surface area (Å²) in [6.07, 6.45) is 13.9. The molecule has 0 saturated heterocycles. The Balaban J connectivity index is 3.90. The van der Waals surface area contributed by atoms with Gasteiger partial charge in [0.2, 0.25) is 5.91 Å². The first kappa shape index (κ1) is 26.4. The minimum atomic E-state index is -0.937. The largest absolute Gasteiger partial charge is 0.393 e. The number of unbranched alkanes of at least 4 members (excludes halogenated alkanes) is 10. The van der Waals surface area contributed by atoms with Crippen molar-refractivity contribution in [1.82, 2.24) is 5.32 Å². The molecule has 0 bridgehead atoms. The monoisotopic (exact) mass is 387 g/mol. The molecule has 0 rings (SSSR count). The SMILES string of the molecule is CCCCCCCCCCCCCC(=O)NC(C(O)CO)[N+](C)(C)CCC. The molecule has 0 aliphatic heterocycles. The van der Waals surface area contributed by atoms with Gasteiger partial charge >= 0.3 is 0 Å². The van der Waals surface area contributed by atoms with Crippen LogP contribution in [0.4, 0.5) is 0 Å². The molecule has 5 nitrogen and oxygen atoms in total. The Morgan fingerprint density at radius 3 is 1.78 bits per heavy atom. The predicted octanol–water partition coefficient (Wildman–Crippen LogP) is 3.97. The van der Waals surface area contributed by atoms with E-state index in [2.05, 4.69) is 19.2 Å². The summed E-state index contributed by atoms with van der Waals surface area (Å²) in [4.78, 5) is 12.3. The Morgan fingerprint density at radius 1 is 0.852 bits per heavy atom. The smallest absolute Gasteiger partial charge is 0.224 e. The molecule has 0 spiro atoms. The van der Waals surface area contributed by atoms with Crippen molar-refractivity contribution in [3.8, 4) is 0 Å². The van der Waals surface area contributed by atoms with Crippen molar-refractivity contribution in [3.63, 3.8) is 0 Å². The van der Waals surface area contributed by atoms with E-state index in [1.807, 2.05) is 14.1 Å². The van der Waals surface area contributed by atoms with Crippen LogP contribution in [0.1, 0.15) is 97.3 Å². The Labute approximate surface area is 168 Å². The van der Waals surface area contributed by atoms with Crippen LogP contribution in [-0.2, 0) is 4.79 Å². The minimum absolute atomic E-state index is 0.0225. The third-order valence-corrected chi connectivity index (χ3v) is 5.42. The van der Waals surface area contributed by atoms with Gasteiger partial charge in [-0.1, -0.05) is 78.1 Å². The molecular weight excluding hydrogens is 340 g/mol. The van der Waals surface area contributed by atoms with Gasteiger partial charge in [-0.2, -0.15) is 0 Å². The second-order valence-electron chi connectivity index (χ2n) is 8.55. The van der Waals surface area contributed by atoms with Crippen LogP contribution in [0.15, 0.2) is 0 Å². The Kier molecular flexibility index (Phi) is 15.9. The highest BCUT2D eigenvalue weighted by molar-refractivity contribution is 5.76. The van der Waals surface area contributed by atoms with E-state index in [1.54, 1.807) is 0 Å². The summed E-state index contributed by atoms with van der Waals surface area (Å²) in [6.45, 7) is 4.82. The summed E-state index contributed by atoms with van der Waals surface area (Å²) in [5.41, 5.74) is 0. The second-order valence-corrected chi connectivity index (χ2v) is 8.55. The minimum Gasteiger partial charge on any atom is -0.393 e. The van der Waals surface area contributed by atoms with Gasteiger partial charge in [-0.05, 0) is 12.8 Å². The van der Waals surface area contributed by atoms with E-state index in [-0.39, 0.29) is 12.5 Å². The topological polar surface area (TPSA) is 69.6 Å². The summed E-state index contributed by atoms with van der Waals surface area (Å²) < 4.78 is 0.474. The molecule has 3 N–H and O–H groups in total. The first-order valence-electron chi connectivity index (χ1n) is 11.3. The lowest BCUT2D eigenvalue weighted by atomic mass is 10.1. The lowest BCUT2D eigenvalue weighted by Gasteiger charge is -2.40. The molecule has 0 aromatic heterocycles. The molecule has 0 heterocycles.